The van der Waals surface area contributed by atoms with E-state index in [9.17, 15) is 14.4 Å². The van der Waals surface area contributed by atoms with Gasteiger partial charge in [0.25, 0.3) is 5.91 Å². The van der Waals surface area contributed by atoms with Gasteiger partial charge in [-0.25, -0.2) is 0 Å². The number of nitrogens with zero attached hydrogens (tertiary/aromatic N) is 4. The third-order valence-corrected chi connectivity index (χ3v) is 8.33. The number of hydrogen-bond acceptors (Lipinski definition) is 5. The van der Waals surface area contributed by atoms with Gasteiger partial charge < -0.3 is 19.4 Å². The van der Waals surface area contributed by atoms with Crippen molar-refractivity contribution in [3.63, 3.8) is 0 Å². The summed E-state index contributed by atoms with van der Waals surface area (Å²) in [6.07, 6.45) is 7.08. The van der Waals surface area contributed by atoms with Gasteiger partial charge in [-0.3, -0.25) is 19.5 Å². The van der Waals surface area contributed by atoms with Crippen molar-refractivity contribution in [1.29, 1.82) is 0 Å². The van der Waals surface area contributed by atoms with Crippen LogP contribution in [0.25, 0.3) is 11.1 Å². The third kappa shape index (κ3) is 4.12. The second-order valence-electron chi connectivity index (χ2n) is 10.3. The highest BCUT2D eigenvalue weighted by molar-refractivity contribution is 6.01. The lowest BCUT2D eigenvalue weighted by atomic mass is 9.77. The van der Waals surface area contributed by atoms with E-state index in [4.69, 9.17) is 4.74 Å². The highest BCUT2D eigenvalue weighted by Crippen LogP contribution is 2.44. The number of aromatic nitrogens is 2. The van der Waals surface area contributed by atoms with Crippen LogP contribution in [0, 0.1) is 5.41 Å². The van der Waals surface area contributed by atoms with E-state index in [0.29, 0.717) is 50.2 Å². The van der Waals surface area contributed by atoms with Gasteiger partial charge in [-0.15, -0.1) is 0 Å². The van der Waals surface area contributed by atoms with Gasteiger partial charge in [0.05, 0.1) is 18.7 Å². The lowest BCUT2D eigenvalue weighted by molar-refractivity contribution is -0.127. The number of benzene rings is 2. The zero-order chi connectivity index (χ0) is 26.3. The van der Waals surface area contributed by atoms with Crippen LogP contribution in [0.5, 0.6) is 5.75 Å². The van der Waals surface area contributed by atoms with Crippen molar-refractivity contribution >= 4 is 29.1 Å². The normalized spacial score (nSPS) is 19.0. The second-order valence-corrected chi connectivity index (χ2v) is 10.3. The Balaban J connectivity index is 1.11. The molecule has 3 aromatic rings. The molecule has 0 atom stereocenters. The quantitative estimate of drug-likeness (QED) is 0.559. The summed E-state index contributed by atoms with van der Waals surface area (Å²) in [6, 6.07) is 13.1. The molecule has 3 saturated heterocycles. The largest absolute Gasteiger partial charge is 0.496 e. The number of piperidine rings is 1. The summed E-state index contributed by atoms with van der Waals surface area (Å²) in [7, 11) is 1.63. The molecule has 6 rings (SSSR count). The summed E-state index contributed by atoms with van der Waals surface area (Å²) in [6.45, 7) is 2.48. The number of carbonyl (C=O) groups excluding carboxylic acids is 3. The first-order chi connectivity index (χ1) is 18.5. The topological polar surface area (TPSA) is 98.8 Å². The number of aromatic amines is 1. The molecular formula is C29H31N5O4. The van der Waals surface area contributed by atoms with Crippen molar-refractivity contribution in [2.75, 3.05) is 43.1 Å². The van der Waals surface area contributed by atoms with E-state index in [1.54, 1.807) is 30.3 Å². The Morgan fingerprint density at radius 2 is 1.68 bits per heavy atom. The van der Waals surface area contributed by atoms with Crippen LogP contribution in [0.3, 0.4) is 0 Å². The third-order valence-electron chi connectivity index (χ3n) is 8.33. The Hall–Kier alpha value is -4.14. The Morgan fingerprint density at radius 1 is 0.947 bits per heavy atom. The first-order valence-electron chi connectivity index (χ1n) is 13.2. The fourth-order valence-electron chi connectivity index (χ4n) is 6.04. The maximum absolute atomic E-state index is 13.7. The lowest BCUT2D eigenvalue weighted by Crippen LogP contribution is -2.46. The summed E-state index contributed by atoms with van der Waals surface area (Å²) in [5, 5.41) is 6.84. The number of methoxy groups -OCH3 is 1. The minimum atomic E-state index is -0.437. The Labute approximate surface area is 221 Å². The van der Waals surface area contributed by atoms with E-state index >= 15 is 0 Å². The van der Waals surface area contributed by atoms with Gasteiger partial charge in [-0.1, -0.05) is 0 Å². The molecule has 0 bridgehead atoms. The van der Waals surface area contributed by atoms with Crippen LogP contribution < -0.4 is 14.5 Å². The first-order valence-corrected chi connectivity index (χ1v) is 13.2. The van der Waals surface area contributed by atoms with Crippen LogP contribution in [-0.4, -0.2) is 66.1 Å². The van der Waals surface area contributed by atoms with E-state index in [1.807, 2.05) is 46.3 Å². The molecule has 9 nitrogen and oxygen atoms in total. The molecule has 1 aromatic heterocycles. The molecule has 3 fully saturated rings. The Morgan fingerprint density at radius 3 is 2.34 bits per heavy atom. The summed E-state index contributed by atoms with van der Waals surface area (Å²) in [5.74, 6) is 0.926. The minimum absolute atomic E-state index is 0.0268. The van der Waals surface area contributed by atoms with E-state index < -0.39 is 5.41 Å². The molecular weight excluding hydrogens is 482 g/mol. The smallest absolute Gasteiger partial charge is 0.253 e. The molecule has 3 amide bonds. The van der Waals surface area contributed by atoms with Crippen LogP contribution in [0.2, 0.25) is 0 Å². The maximum atomic E-state index is 13.7. The molecule has 0 aliphatic carbocycles. The predicted molar refractivity (Wildman–Crippen MR) is 143 cm³/mol. The number of anilines is 2. The Kier molecular flexibility index (Phi) is 6.13. The maximum Gasteiger partial charge on any atom is 0.253 e. The van der Waals surface area contributed by atoms with Crippen molar-refractivity contribution in [3.8, 4) is 16.9 Å². The lowest BCUT2D eigenvalue weighted by Gasteiger charge is -2.38. The van der Waals surface area contributed by atoms with Crippen molar-refractivity contribution in [3.05, 3.63) is 60.4 Å². The van der Waals surface area contributed by atoms with Crippen LogP contribution in [-0.2, 0) is 9.59 Å². The molecule has 3 aliphatic heterocycles. The minimum Gasteiger partial charge on any atom is -0.496 e. The molecule has 2 aromatic carbocycles. The standard InChI is InChI=1S/C29H31N5O4/c1-38-25-17-23(8-9-24(25)21-18-30-31-19-21)34-16-12-29(28(34)37)10-14-32(15-11-29)27(36)20-4-6-22(7-5-20)33-13-2-3-26(33)35/h4-9,17-19H,2-3,10-16H2,1H3,(H,30,31). The highest BCUT2D eigenvalue weighted by atomic mass is 16.5. The van der Waals surface area contributed by atoms with Crippen LogP contribution in [0.1, 0.15) is 42.5 Å². The van der Waals surface area contributed by atoms with Gasteiger partial charge in [0, 0.05) is 72.9 Å². The van der Waals surface area contributed by atoms with Gasteiger partial charge in [0.1, 0.15) is 5.75 Å². The fraction of sp³-hybridized carbons (Fsp3) is 0.379. The van der Waals surface area contributed by atoms with E-state index in [1.165, 1.54) is 0 Å². The number of hydrogen-bond donors (Lipinski definition) is 1. The van der Waals surface area contributed by atoms with E-state index in [-0.39, 0.29) is 17.7 Å². The SMILES string of the molecule is COc1cc(N2CCC3(CCN(C(=O)c4ccc(N5CCCC5=O)cc4)CC3)C2=O)ccc1-c1cn[nH]c1. The molecule has 0 radical (unpaired) electrons. The molecule has 38 heavy (non-hydrogen) atoms. The van der Waals surface area contributed by atoms with Crippen LogP contribution in [0.4, 0.5) is 11.4 Å². The average Bonchev–Trinajstić information content (AvgIpc) is 3.71. The molecule has 0 saturated carbocycles. The Bertz CT molecular complexity index is 1360. The molecule has 1 N–H and O–H groups in total. The van der Waals surface area contributed by atoms with Crippen molar-refractivity contribution in [2.45, 2.75) is 32.1 Å². The number of carbonyl (C=O) groups is 3. The highest BCUT2D eigenvalue weighted by Gasteiger charge is 2.49. The number of nitrogens with one attached hydrogen (secondary N) is 1. The fourth-order valence-corrected chi connectivity index (χ4v) is 6.04. The summed E-state index contributed by atoms with van der Waals surface area (Å²) >= 11 is 0. The van der Waals surface area contributed by atoms with Crippen molar-refractivity contribution in [1.82, 2.24) is 15.1 Å². The molecule has 196 valence electrons. The summed E-state index contributed by atoms with van der Waals surface area (Å²) in [5.41, 5.74) is 3.68. The number of amides is 3. The zero-order valence-electron chi connectivity index (χ0n) is 21.5. The molecule has 4 heterocycles. The molecule has 0 unspecified atom stereocenters. The van der Waals surface area contributed by atoms with E-state index in [0.717, 1.165) is 41.9 Å². The van der Waals surface area contributed by atoms with Crippen molar-refractivity contribution < 1.29 is 19.1 Å². The number of likely N-dealkylation sites (tertiary alicyclic amines) is 1. The van der Waals surface area contributed by atoms with Crippen LogP contribution in [0.15, 0.2) is 54.9 Å². The monoisotopic (exact) mass is 513 g/mol. The second kappa shape index (κ2) is 9.63. The molecule has 1 spiro atoms. The van der Waals surface area contributed by atoms with Gasteiger partial charge in [-0.2, -0.15) is 5.10 Å². The van der Waals surface area contributed by atoms with Gasteiger partial charge >= 0.3 is 0 Å². The molecule has 9 heteroatoms. The summed E-state index contributed by atoms with van der Waals surface area (Å²) < 4.78 is 5.62. The van der Waals surface area contributed by atoms with E-state index in [2.05, 4.69) is 10.2 Å². The van der Waals surface area contributed by atoms with Gasteiger partial charge in [0.15, 0.2) is 0 Å². The number of ether oxygens (including phenoxy) is 1. The van der Waals surface area contributed by atoms with Crippen LogP contribution >= 0.6 is 0 Å². The first kappa shape index (κ1) is 24.2. The van der Waals surface area contributed by atoms with Gasteiger partial charge in [0.2, 0.25) is 11.8 Å². The zero-order valence-corrected chi connectivity index (χ0v) is 21.5. The average molecular weight is 514 g/mol. The molecule has 3 aliphatic rings. The predicted octanol–water partition coefficient (Wildman–Crippen LogP) is 3.87. The number of rotatable bonds is 5. The van der Waals surface area contributed by atoms with Crippen molar-refractivity contribution in [2.24, 2.45) is 5.41 Å². The summed E-state index contributed by atoms with van der Waals surface area (Å²) in [4.78, 5) is 44.4. The van der Waals surface area contributed by atoms with Gasteiger partial charge in [-0.05, 0) is 62.1 Å². The number of H-pyrrole nitrogens is 1.